The van der Waals surface area contributed by atoms with E-state index >= 15 is 0 Å². The molecule has 0 atom stereocenters. The Bertz CT molecular complexity index is 2310. The van der Waals surface area contributed by atoms with Crippen molar-refractivity contribution < 1.29 is 4.74 Å². The summed E-state index contributed by atoms with van der Waals surface area (Å²) in [6.45, 7) is 20.2. The number of hydrogen-bond acceptors (Lipinski definition) is 3. The number of para-hydroxylation sites is 1. The van der Waals surface area contributed by atoms with E-state index in [-0.39, 0.29) is 0 Å². The van der Waals surface area contributed by atoms with Crippen LogP contribution in [0.4, 0.5) is 0 Å². The van der Waals surface area contributed by atoms with Crippen molar-refractivity contribution >= 4 is 21.8 Å². The minimum absolute atomic E-state index is 0.391. The van der Waals surface area contributed by atoms with E-state index in [1.54, 1.807) is 0 Å². The highest BCUT2D eigenvalue weighted by atomic mass is 16.5. The monoisotopic (exact) mass is 646 g/mol. The van der Waals surface area contributed by atoms with Crippen molar-refractivity contribution in [3.63, 3.8) is 0 Å². The Morgan fingerprint density at radius 1 is 0.612 bits per heavy atom. The SMILES string of the molecule is Cc1ccnc(-n2c3ccccc3c3ccc(Oc4cccc(-n5nc(C)c(-c6c(C(C)C)cc(C(C)C)cc6C(C)C)c5C)c4)cc32)c1. The molecule has 0 unspecified atom stereocenters. The lowest BCUT2D eigenvalue weighted by Crippen LogP contribution is -2.05. The first-order chi connectivity index (χ1) is 23.5. The molecular weight excluding hydrogens is 601 g/mol. The maximum Gasteiger partial charge on any atom is 0.137 e. The van der Waals surface area contributed by atoms with Crippen molar-refractivity contribution in [2.24, 2.45) is 0 Å². The average molecular weight is 647 g/mol. The fourth-order valence-corrected chi connectivity index (χ4v) is 7.22. The Morgan fingerprint density at radius 3 is 2.00 bits per heavy atom. The van der Waals surface area contributed by atoms with Crippen LogP contribution in [0.15, 0.2) is 97.2 Å². The number of fused-ring (bicyclic) bond motifs is 3. The van der Waals surface area contributed by atoms with E-state index in [4.69, 9.17) is 14.8 Å². The number of hydrogen-bond donors (Lipinski definition) is 0. The van der Waals surface area contributed by atoms with Gasteiger partial charge in [0.05, 0.1) is 22.4 Å². The molecule has 0 fully saturated rings. The fraction of sp³-hybridized carbons (Fsp3) is 0.273. The first-order valence-corrected chi connectivity index (χ1v) is 17.5. The minimum Gasteiger partial charge on any atom is -0.457 e. The van der Waals surface area contributed by atoms with Gasteiger partial charge in [-0.1, -0.05) is 77.9 Å². The Kier molecular flexibility index (Phi) is 8.40. The molecule has 248 valence electrons. The first-order valence-electron chi connectivity index (χ1n) is 17.5. The molecule has 5 nitrogen and oxygen atoms in total. The smallest absolute Gasteiger partial charge is 0.137 e. The largest absolute Gasteiger partial charge is 0.457 e. The molecule has 0 saturated carbocycles. The molecule has 0 aliphatic carbocycles. The Morgan fingerprint density at radius 2 is 1.31 bits per heavy atom. The molecule has 0 spiro atoms. The molecule has 0 bridgehead atoms. The van der Waals surface area contributed by atoms with Gasteiger partial charge in [0.2, 0.25) is 0 Å². The lowest BCUT2D eigenvalue weighted by molar-refractivity contribution is 0.482. The van der Waals surface area contributed by atoms with Gasteiger partial charge in [0.25, 0.3) is 0 Å². The molecule has 0 amide bonds. The third kappa shape index (κ3) is 5.82. The predicted molar refractivity (Wildman–Crippen MR) is 204 cm³/mol. The molecule has 0 aliphatic rings. The first kappa shape index (κ1) is 32.4. The highest BCUT2D eigenvalue weighted by molar-refractivity contribution is 6.09. The van der Waals surface area contributed by atoms with Gasteiger partial charge in [-0.15, -0.1) is 0 Å². The number of benzene rings is 4. The van der Waals surface area contributed by atoms with Crippen molar-refractivity contribution in [1.29, 1.82) is 0 Å². The van der Waals surface area contributed by atoms with Gasteiger partial charge in [0, 0.05) is 40.4 Å². The van der Waals surface area contributed by atoms with Gasteiger partial charge in [-0.05, 0) is 109 Å². The number of ether oxygens (including phenoxy) is 1. The molecule has 0 aliphatic heterocycles. The van der Waals surface area contributed by atoms with E-state index in [0.717, 1.165) is 50.8 Å². The van der Waals surface area contributed by atoms with Crippen LogP contribution in [0.5, 0.6) is 11.5 Å². The highest BCUT2D eigenvalue weighted by Crippen LogP contribution is 2.42. The van der Waals surface area contributed by atoms with Gasteiger partial charge in [-0.25, -0.2) is 9.67 Å². The van der Waals surface area contributed by atoms with Gasteiger partial charge in [-0.2, -0.15) is 5.10 Å². The second-order valence-electron chi connectivity index (χ2n) is 14.3. The number of nitrogens with zero attached hydrogens (tertiary/aromatic N) is 4. The molecule has 0 saturated heterocycles. The van der Waals surface area contributed by atoms with Crippen LogP contribution in [0.2, 0.25) is 0 Å². The summed E-state index contributed by atoms with van der Waals surface area (Å²) >= 11 is 0. The molecular formula is C44H46N4O. The summed E-state index contributed by atoms with van der Waals surface area (Å²) in [6, 6.07) is 32.1. The maximum atomic E-state index is 6.58. The van der Waals surface area contributed by atoms with E-state index < -0.39 is 0 Å². The zero-order chi connectivity index (χ0) is 34.6. The number of aryl methyl sites for hydroxylation is 2. The Labute approximate surface area is 290 Å². The van der Waals surface area contributed by atoms with E-state index in [9.17, 15) is 0 Å². The summed E-state index contributed by atoms with van der Waals surface area (Å²) in [7, 11) is 0. The van der Waals surface area contributed by atoms with Gasteiger partial charge in [-0.3, -0.25) is 4.57 Å². The lowest BCUT2D eigenvalue weighted by atomic mass is 9.81. The van der Waals surface area contributed by atoms with Crippen molar-refractivity contribution in [3.8, 4) is 34.1 Å². The molecule has 3 aromatic heterocycles. The third-order valence-corrected chi connectivity index (χ3v) is 9.75. The van der Waals surface area contributed by atoms with Crippen LogP contribution < -0.4 is 4.74 Å². The van der Waals surface area contributed by atoms with Crippen molar-refractivity contribution in [2.45, 2.75) is 80.1 Å². The summed E-state index contributed by atoms with van der Waals surface area (Å²) in [6.07, 6.45) is 1.87. The molecule has 7 rings (SSSR count). The van der Waals surface area contributed by atoms with Gasteiger partial charge in [0.15, 0.2) is 0 Å². The summed E-state index contributed by atoms with van der Waals surface area (Å²) < 4.78 is 10.9. The van der Waals surface area contributed by atoms with Crippen LogP contribution in [-0.4, -0.2) is 19.3 Å². The topological polar surface area (TPSA) is 44.9 Å². The van der Waals surface area contributed by atoms with E-state index in [2.05, 4.69) is 144 Å². The zero-order valence-electron chi connectivity index (χ0n) is 30.2. The third-order valence-electron chi connectivity index (χ3n) is 9.75. The quantitative estimate of drug-likeness (QED) is 0.165. The number of pyridine rings is 1. The highest BCUT2D eigenvalue weighted by Gasteiger charge is 2.24. The Hall–Kier alpha value is -5.16. The lowest BCUT2D eigenvalue weighted by Gasteiger charge is -2.23. The normalized spacial score (nSPS) is 11.9. The fourth-order valence-electron chi connectivity index (χ4n) is 7.22. The average Bonchev–Trinajstić information content (AvgIpc) is 3.56. The van der Waals surface area contributed by atoms with Gasteiger partial charge in [0.1, 0.15) is 17.3 Å². The molecule has 3 heterocycles. The molecule has 0 radical (unpaired) electrons. The van der Waals surface area contributed by atoms with Crippen LogP contribution in [-0.2, 0) is 0 Å². The zero-order valence-corrected chi connectivity index (χ0v) is 30.2. The van der Waals surface area contributed by atoms with Crippen LogP contribution in [0.25, 0.3) is 44.4 Å². The molecule has 4 aromatic carbocycles. The van der Waals surface area contributed by atoms with Gasteiger partial charge >= 0.3 is 0 Å². The van der Waals surface area contributed by atoms with Crippen molar-refractivity contribution in [3.05, 3.63) is 131 Å². The summed E-state index contributed by atoms with van der Waals surface area (Å²) in [5.74, 6) is 3.68. The predicted octanol–water partition coefficient (Wildman–Crippen LogP) is 12.1. The van der Waals surface area contributed by atoms with Crippen LogP contribution in [0.1, 0.15) is 92.9 Å². The Balaban J connectivity index is 1.29. The van der Waals surface area contributed by atoms with E-state index in [1.807, 2.05) is 24.4 Å². The number of rotatable bonds is 8. The van der Waals surface area contributed by atoms with Crippen molar-refractivity contribution in [1.82, 2.24) is 19.3 Å². The van der Waals surface area contributed by atoms with Gasteiger partial charge < -0.3 is 4.74 Å². The molecule has 0 N–H and O–H groups in total. The summed E-state index contributed by atoms with van der Waals surface area (Å²) in [4.78, 5) is 4.73. The van der Waals surface area contributed by atoms with Crippen LogP contribution in [0, 0.1) is 20.8 Å². The minimum atomic E-state index is 0.391. The maximum absolute atomic E-state index is 6.58. The van der Waals surface area contributed by atoms with Crippen LogP contribution in [0.3, 0.4) is 0 Å². The van der Waals surface area contributed by atoms with Crippen molar-refractivity contribution in [2.75, 3.05) is 0 Å². The summed E-state index contributed by atoms with van der Waals surface area (Å²) in [5, 5.41) is 7.49. The molecule has 7 aromatic rings. The standard InChI is InChI=1S/C44H46N4O/c1-26(2)32-22-38(27(3)4)44(39(23-32)28(5)6)43-30(8)46-48(31(43)9)33-13-12-14-34(24-33)49-35-17-18-37-36-15-10-11-16-40(36)47(41(37)25-35)42-21-29(7)19-20-45-42/h10-28H,1-9H3. The second kappa shape index (κ2) is 12.7. The van der Waals surface area contributed by atoms with Crippen LogP contribution >= 0.6 is 0 Å². The summed E-state index contributed by atoms with van der Waals surface area (Å²) in [5.41, 5.74) is 13.2. The molecule has 5 heteroatoms. The molecule has 49 heavy (non-hydrogen) atoms. The number of aromatic nitrogens is 4. The van der Waals surface area contributed by atoms with E-state index in [1.165, 1.54) is 38.8 Å². The van der Waals surface area contributed by atoms with E-state index in [0.29, 0.717) is 17.8 Å². The second-order valence-corrected chi connectivity index (χ2v) is 14.3.